The molecule has 0 radical (unpaired) electrons. The predicted molar refractivity (Wildman–Crippen MR) is 50.2 cm³/mol. The fourth-order valence-electron chi connectivity index (χ4n) is 1.34. The third kappa shape index (κ3) is 1.44. The van der Waals surface area contributed by atoms with Crippen LogP contribution in [0, 0.1) is 5.82 Å². The summed E-state index contributed by atoms with van der Waals surface area (Å²) in [6.07, 6.45) is 0. The quantitative estimate of drug-likeness (QED) is 0.639. The van der Waals surface area contributed by atoms with Crippen molar-refractivity contribution in [3.05, 3.63) is 23.0 Å². The van der Waals surface area contributed by atoms with Crippen molar-refractivity contribution in [2.45, 2.75) is 0 Å². The number of anilines is 1. The first kappa shape index (κ1) is 8.63. The number of rotatable bonds is 0. The summed E-state index contributed by atoms with van der Waals surface area (Å²) in [5.74, 6) is 0.248. The minimum absolute atomic E-state index is 0.106. The Morgan fingerprint density at radius 1 is 1.54 bits per heavy atom. The van der Waals surface area contributed by atoms with Crippen LogP contribution in [0.1, 0.15) is 0 Å². The first-order chi connectivity index (χ1) is 6.18. The molecule has 70 valence electrons. The lowest BCUT2D eigenvalue weighted by atomic mass is 10.2. The molecule has 0 saturated carbocycles. The highest BCUT2D eigenvalue weighted by Gasteiger charge is 2.17. The van der Waals surface area contributed by atoms with Crippen molar-refractivity contribution in [3.8, 4) is 5.75 Å². The summed E-state index contributed by atoms with van der Waals surface area (Å²) in [6.45, 7) is 1.39. The fraction of sp³-hybridized carbons (Fsp3) is 0.333. The number of hydrogen-bond donors (Lipinski definition) is 0. The van der Waals surface area contributed by atoms with Gasteiger partial charge in [0.25, 0.3) is 0 Å². The lowest BCUT2D eigenvalue weighted by Gasteiger charge is -2.27. The number of hydrogen-bond acceptors (Lipinski definition) is 2. The third-order valence-electron chi connectivity index (χ3n) is 2.10. The van der Waals surface area contributed by atoms with E-state index in [1.54, 1.807) is 0 Å². The Bertz CT molecular complexity index is 343. The molecular formula is C9H9ClFNO. The van der Waals surface area contributed by atoms with Gasteiger partial charge in [-0.25, -0.2) is 4.39 Å². The number of fused-ring (bicyclic) bond motifs is 1. The normalized spacial score (nSPS) is 15.2. The van der Waals surface area contributed by atoms with E-state index in [4.69, 9.17) is 16.3 Å². The second-order valence-corrected chi connectivity index (χ2v) is 3.41. The van der Waals surface area contributed by atoms with Crippen molar-refractivity contribution in [2.75, 3.05) is 25.1 Å². The SMILES string of the molecule is CN1CCOc2cc(Cl)c(F)cc21. The minimum Gasteiger partial charge on any atom is -0.490 e. The lowest BCUT2D eigenvalue weighted by Crippen LogP contribution is -2.28. The van der Waals surface area contributed by atoms with Gasteiger partial charge in [-0.15, -0.1) is 0 Å². The zero-order chi connectivity index (χ0) is 9.42. The highest BCUT2D eigenvalue weighted by molar-refractivity contribution is 6.31. The van der Waals surface area contributed by atoms with E-state index in [9.17, 15) is 4.39 Å². The fourth-order valence-corrected chi connectivity index (χ4v) is 1.50. The van der Waals surface area contributed by atoms with E-state index in [0.717, 1.165) is 12.2 Å². The van der Waals surface area contributed by atoms with E-state index < -0.39 is 5.82 Å². The van der Waals surface area contributed by atoms with E-state index in [2.05, 4.69) is 0 Å². The molecule has 0 unspecified atom stereocenters. The molecule has 0 N–H and O–H groups in total. The summed E-state index contributed by atoms with van der Waals surface area (Å²) in [6, 6.07) is 2.92. The summed E-state index contributed by atoms with van der Waals surface area (Å²) in [5.41, 5.74) is 0.758. The first-order valence-electron chi connectivity index (χ1n) is 4.01. The van der Waals surface area contributed by atoms with Gasteiger partial charge in [0, 0.05) is 19.2 Å². The summed E-state index contributed by atoms with van der Waals surface area (Å²) in [4.78, 5) is 1.94. The van der Waals surface area contributed by atoms with E-state index in [0.29, 0.717) is 12.4 Å². The Hall–Kier alpha value is -0.960. The molecular weight excluding hydrogens is 193 g/mol. The number of benzene rings is 1. The van der Waals surface area contributed by atoms with E-state index in [1.807, 2.05) is 11.9 Å². The molecule has 4 heteroatoms. The van der Waals surface area contributed by atoms with Crippen LogP contribution in [0.5, 0.6) is 5.75 Å². The molecule has 0 bridgehead atoms. The Morgan fingerprint density at radius 3 is 3.08 bits per heavy atom. The molecule has 1 heterocycles. The third-order valence-corrected chi connectivity index (χ3v) is 2.39. The summed E-state index contributed by atoms with van der Waals surface area (Å²) in [5, 5.41) is 0.106. The van der Waals surface area contributed by atoms with Crippen molar-refractivity contribution < 1.29 is 9.13 Å². The minimum atomic E-state index is -0.405. The highest BCUT2D eigenvalue weighted by atomic mass is 35.5. The van der Waals surface area contributed by atoms with Gasteiger partial charge in [0.15, 0.2) is 0 Å². The largest absolute Gasteiger partial charge is 0.490 e. The second-order valence-electron chi connectivity index (χ2n) is 3.00. The van der Waals surface area contributed by atoms with Crippen LogP contribution >= 0.6 is 11.6 Å². The van der Waals surface area contributed by atoms with Crippen LogP contribution in [-0.2, 0) is 0 Å². The number of nitrogens with zero attached hydrogens (tertiary/aromatic N) is 1. The van der Waals surface area contributed by atoms with Crippen molar-refractivity contribution in [3.63, 3.8) is 0 Å². The molecule has 0 amide bonds. The molecule has 2 nitrogen and oxygen atoms in total. The molecule has 0 aliphatic carbocycles. The summed E-state index contributed by atoms with van der Waals surface area (Å²) >= 11 is 5.62. The van der Waals surface area contributed by atoms with E-state index in [-0.39, 0.29) is 5.02 Å². The van der Waals surface area contributed by atoms with Crippen molar-refractivity contribution in [1.29, 1.82) is 0 Å². The Morgan fingerprint density at radius 2 is 2.31 bits per heavy atom. The smallest absolute Gasteiger partial charge is 0.144 e. The van der Waals surface area contributed by atoms with Gasteiger partial charge < -0.3 is 9.64 Å². The van der Waals surface area contributed by atoms with Crippen LogP contribution in [0.3, 0.4) is 0 Å². The molecule has 1 aromatic rings. The van der Waals surface area contributed by atoms with Gasteiger partial charge in [-0.3, -0.25) is 0 Å². The van der Waals surface area contributed by atoms with Gasteiger partial charge in [-0.1, -0.05) is 11.6 Å². The van der Waals surface area contributed by atoms with E-state index in [1.165, 1.54) is 12.1 Å². The van der Waals surface area contributed by atoms with Crippen molar-refractivity contribution in [1.82, 2.24) is 0 Å². The van der Waals surface area contributed by atoms with Gasteiger partial charge in [-0.2, -0.15) is 0 Å². The van der Waals surface area contributed by atoms with Crippen LogP contribution in [0.15, 0.2) is 12.1 Å². The second kappa shape index (κ2) is 3.07. The van der Waals surface area contributed by atoms with Crippen LogP contribution in [-0.4, -0.2) is 20.2 Å². The van der Waals surface area contributed by atoms with Gasteiger partial charge in [0.05, 0.1) is 17.3 Å². The van der Waals surface area contributed by atoms with Crippen LogP contribution in [0.4, 0.5) is 10.1 Å². The van der Waals surface area contributed by atoms with Crippen LogP contribution in [0.2, 0.25) is 5.02 Å². The Labute approximate surface area is 80.9 Å². The molecule has 1 aromatic carbocycles. The molecule has 0 atom stereocenters. The van der Waals surface area contributed by atoms with Crippen molar-refractivity contribution in [2.24, 2.45) is 0 Å². The topological polar surface area (TPSA) is 12.5 Å². The maximum atomic E-state index is 13.1. The number of ether oxygens (including phenoxy) is 1. The Balaban J connectivity index is 2.52. The maximum absolute atomic E-state index is 13.1. The molecule has 2 rings (SSSR count). The zero-order valence-corrected chi connectivity index (χ0v) is 7.94. The summed E-state index contributed by atoms with van der Waals surface area (Å²) in [7, 11) is 1.90. The molecule has 0 aromatic heterocycles. The summed E-state index contributed by atoms with van der Waals surface area (Å²) < 4.78 is 18.4. The molecule has 1 aliphatic rings. The average Bonchev–Trinajstić information content (AvgIpc) is 2.09. The van der Waals surface area contributed by atoms with Gasteiger partial charge >= 0.3 is 0 Å². The van der Waals surface area contributed by atoms with Crippen molar-refractivity contribution >= 4 is 17.3 Å². The van der Waals surface area contributed by atoms with Crippen LogP contribution in [0.25, 0.3) is 0 Å². The van der Waals surface area contributed by atoms with Gasteiger partial charge in [0.2, 0.25) is 0 Å². The Kier molecular flexibility index (Phi) is 2.04. The zero-order valence-electron chi connectivity index (χ0n) is 7.18. The molecule has 13 heavy (non-hydrogen) atoms. The van der Waals surface area contributed by atoms with Crippen LogP contribution < -0.4 is 9.64 Å². The standard InChI is InChI=1S/C9H9ClFNO/c1-12-2-3-13-9-4-6(10)7(11)5-8(9)12/h4-5H,2-3H2,1H3. The van der Waals surface area contributed by atoms with E-state index >= 15 is 0 Å². The van der Waals surface area contributed by atoms with Gasteiger partial charge in [-0.05, 0) is 0 Å². The molecule has 0 spiro atoms. The molecule has 0 saturated heterocycles. The monoisotopic (exact) mass is 201 g/mol. The first-order valence-corrected chi connectivity index (χ1v) is 4.39. The number of likely N-dealkylation sites (N-methyl/N-ethyl adjacent to an activating group) is 1. The van der Waals surface area contributed by atoms with Gasteiger partial charge in [0.1, 0.15) is 18.2 Å². The number of halogens is 2. The maximum Gasteiger partial charge on any atom is 0.144 e. The molecule has 1 aliphatic heterocycles. The molecule has 0 fully saturated rings. The highest BCUT2D eigenvalue weighted by Crippen LogP contribution is 2.34. The lowest BCUT2D eigenvalue weighted by molar-refractivity contribution is 0.310. The average molecular weight is 202 g/mol. The predicted octanol–water partition coefficient (Wildman–Crippen LogP) is 2.31.